The van der Waals surface area contributed by atoms with Crippen LogP contribution in [-0.2, 0) is 11.2 Å². The van der Waals surface area contributed by atoms with Gasteiger partial charge in [-0.25, -0.2) is 0 Å². The van der Waals surface area contributed by atoms with Gasteiger partial charge in [0, 0.05) is 11.6 Å². The molecule has 1 saturated heterocycles. The summed E-state index contributed by atoms with van der Waals surface area (Å²) in [6.45, 7) is 0.887. The van der Waals surface area contributed by atoms with Crippen LogP contribution in [0, 0.1) is 0 Å². The van der Waals surface area contributed by atoms with Crippen molar-refractivity contribution in [1.82, 2.24) is 0 Å². The zero-order valence-corrected chi connectivity index (χ0v) is 10.7. The van der Waals surface area contributed by atoms with E-state index in [1.807, 2.05) is 24.3 Å². The highest BCUT2D eigenvalue weighted by molar-refractivity contribution is 6.30. The van der Waals surface area contributed by atoms with E-state index in [1.165, 1.54) is 0 Å². The Morgan fingerprint density at radius 3 is 2.76 bits per heavy atom. The summed E-state index contributed by atoms with van der Waals surface area (Å²) in [5, 5.41) is 10.7. The smallest absolute Gasteiger partial charge is 0.0581 e. The summed E-state index contributed by atoms with van der Waals surface area (Å²) in [6.07, 6.45) is 4.88. The summed E-state index contributed by atoms with van der Waals surface area (Å²) in [5.74, 6) is 0. The van der Waals surface area contributed by atoms with E-state index in [-0.39, 0.29) is 6.10 Å². The number of aliphatic hydroxyl groups excluding tert-OH is 1. The van der Waals surface area contributed by atoms with Crippen molar-refractivity contribution in [2.75, 3.05) is 6.61 Å². The van der Waals surface area contributed by atoms with Crippen molar-refractivity contribution in [1.29, 1.82) is 0 Å². The van der Waals surface area contributed by atoms with E-state index in [0.717, 1.165) is 42.9 Å². The molecule has 2 nitrogen and oxygen atoms in total. The number of hydrogen-bond donors (Lipinski definition) is 1. The minimum Gasteiger partial charge on any atom is -0.393 e. The van der Waals surface area contributed by atoms with Gasteiger partial charge >= 0.3 is 0 Å². The van der Waals surface area contributed by atoms with Crippen LogP contribution in [0.25, 0.3) is 0 Å². The van der Waals surface area contributed by atoms with E-state index in [1.54, 1.807) is 0 Å². The molecule has 94 valence electrons. The third kappa shape index (κ3) is 4.30. The molecule has 0 radical (unpaired) electrons. The third-order valence-electron chi connectivity index (χ3n) is 3.23. The summed E-state index contributed by atoms with van der Waals surface area (Å²) in [7, 11) is 0. The fourth-order valence-corrected chi connectivity index (χ4v) is 2.37. The molecule has 3 heteroatoms. The SMILES string of the molecule is OC(CCC1CCCO1)Cc1ccc(Cl)cc1. The first-order valence-corrected chi connectivity index (χ1v) is 6.66. The molecular weight excluding hydrogens is 236 g/mol. The Hall–Kier alpha value is -0.570. The average Bonchev–Trinajstić information content (AvgIpc) is 2.83. The highest BCUT2D eigenvalue weighted by Gasteiger charge is 2.17. The quantitative estimate of drug-likeness (QED) is 0.874. The van der Waals surface area contributed by atoms with E-state index >= 15 is 0 Å². The lowest BCUT2D eigenvalue weighted by atomic mass is 10.0. The second-order valence-corrected chi connectivity index (χ2v) is 5.13. The van der Waals surface area contributed by atoms with Gasteiger partial charge in [-0.1, -0.05) is 23.7 Å². The predicted molar refractivity (Wildman–Crippen MR) is 69.4 cm³/mol. The molecule has 0 spiro atoms. The van der Waals surface area contributed by atoms with Crippen molar-refractivity contribution in [3.63, 3.8) is 0 Å². The number of rotatable bonds is 5. The molecule has 1 aromatic carbocycles. The van der Waals surface area contributed by atoms with Crippen LogP contribution in [-0.4, -0.2) is 23.9 Å². The van der Waals surface area contributed by atoms with Crippen LogP contribution in [0.4, 0.5) is 0 Å². The number of aliphatic hydroxyl groups is 1. The van der Waals surface area contributed by atoms with Gasteiger partial charge in [0.1, 0.15) is 0 Å². The van der Waals surface area contributed by atoms with Gasteiger partial charge in [0.25, 0.3) is 0 Å². The normalized spacial score (nSPS) is 21.6. The molecule has 2 rings (SSSR count). The Kier molecular flexibility index (Phi) is 4.84. The van der Waals surface area contributed by atoms with Crippen molar-refractivity contribution in [3.05, 3.63) is 34.9 Å². The maximum atomic E-state index is 9.94. The minimum absolute atomic E-state index is 0.277. The van der Waals surface area contributed by atoms with Gasteiger partial charge in [0.05, 0.1) is 12.2 Å². The van der Waals surface area contributed by atoms with Crippen molar-refractivity contribution >= 4 is 11.6 Å². The van der Waals surface area contributed by atoms with Crippen LogP contribution in [0.3, 0.4) is 0 Å². The molecule has 1 N–H and O–H groups in total. The maximum Gasteiger partial charge on any atom is 0.0581 e. The van der Waals surface area contributed by atoms with Gasteiger partial charge in [-0.2, -0.15) is 0 Å². The van der Waals surface area contributed by atoms with Gasteiger partial charge in [0.15, 0.2) is 0 Å². The van der Waals surface area contributed by atoms with E-state index in [0.29, 0.717) is 12.5 Å². The Morgan fingerprint density at radius 2 is 2.12 bits per heavy atom. The molecule has 0 aliphatic carbocycles. The van der Waals surface area contributed by atoms with E-state index < -0.39 is 0 Å². The van der Waals surface area contributed by atoms with Crippen LogP contribution in [0.5, 0.6) is 0 Å². The minimum atomic E-state index is -0.277. The summed E-state index contributed by atoms with van der Waals surface area (Å²) < 4.78 is 5.54. The van der Waals surface area contributed by atoms with Gasteiger partial charge in [-0.05, 0) is 49.8 Å². The van der Waals surface area contributed by atoms with Gasteiger partial charge in [-0.3, -0.25) is 0 Å². The van der Waals surface area contributed by atoms with Crippen LogP contribution >= 0.6 is 11.6 Å². The van der Waals surface area contributed by atoms with Gasteiger partial charge in [-0.15, -0.1) is 0 Å². The van der Waals surface area contributed by atoms with Crippen LogP contribution in [0.15, 0.2) is 24.3 Å². The first kappa shape index (κ1) is 12.9. The molecule has 2 atom stereocenters. The van der Waals surface area contributed by atoms with Gasteiger partial charge < -0.3 is 9.84 Å². The molecule has 0 aromatic heterocycles. The predicted octanol–water partition coefficient (Wildman–Crippen LogP) is 3.20. The Balaban J connectivity index is 1.72. The molecule has 0 amide bonds. The number of ether oxygens (including phenoxy) is 1. The Labute approximate surface area is 108 Å². The fraction of sp³-hybridized carbons (Fsp3) is 0.571. The molecule has 0 saturated carbocycles. The van der Waals surface area contributed by atoms with Crippen LogP contribution < -0.4 is 0 Å². The first-order valence-electron chi connectivity index (χ1n) is 6.28. The largest absolute Gasteiger partial charge is 0.393 e. The molecular formula is C14H19ClO2. The van der Waals surface area contributed by atoms with Crippen molar-refractivity contribution < 1.29 is 9.84 Å². The maximum absolute atomic E-state index is 9.94. The summed E-state index contributed by atoms with van der Waals surface area (Å²) in [6, 6.07) is 7.67. The molecule has 0 bridgehead atoms. The molecule has 1 aliphatic heterocycles. The van der Waals surface area contributed by atoms with Crippen LogP contribution in [0.2, 0.25) is 5.02 Å². The second-order valence-electron chi connectivity index (χ2n) is 4.70. The average molecular weight is 255 g/mol. The lowest BCUT2D eigenvalue weighted by Gasteiger charge is -2.13. The molecule has 1 fully saturated rings. The van der Waals surface area contributed by atoms with Crippen molar-refractivity contribution in [2.24, 2.45) is 0 Å². The lowest BCUT2D eigenvalue weighted by molar-refractivity contribution is 0.0813. The lowest BCUT2D eigenvalue weighted by Crippen LogP contribution is -2.14. The monoisotopic (exact) mass is 254 g/mol. The zero-order valence-electron chi connectivity index (χ0n) is 9.94. The van der Waals surface area contributed by atoms with Crippen molar-refractivity contribution in [2.45, 2.75) is 44.3 Å². The second kappa shape index (κ2) is 6.39. The fourth-order valence-electron chi connectivity index (χ4n) is 2.24. The Morgan fingerprint density at radius 1 is 1.35 bits per heavy atom. The topological polar surface area (TPSA) is 29.5 Å². The van der Waals surface area contributed by atoms with Gasteiger partial charge in [0.2, 0.25) is 0 Å². The third-order valence-corrected chi connectivity index (χ3v) is 3.48. The summed E-state index contributed by atoms with van der Waals surface area (Å²) in [4.78, 5) is 0. The summed E-state index contributed by atoms with van der Waals surface area (Å²) in [5.41, 5.74) is 1.13. The standard InChI is InChI=1S/C14H19ClO2/c15-12-5-3-11(4-6-12)10-13(16)7-8-14-2-1-9-17-14/h3-6,13-14,16H,1-2,7-10H2. The molecule has 1 aromatic rings. The van der Waals surface area contributed by atoms with Crippen LogP contribution in [0.1, 0.15) is 31.2 Å². The highest BCUT2D eigenvalue weighted by atomic mass is 35.5. The molecule has 1 heterocycles. The zero-order chi connectivity index (χ0) is 12.1. The van der Waals surface area contributed by atoms with E-state index in [9.17, 15) is 5.11 Å². The summed E-state index contributed by atoms with van der Waals surface area (Å²) >= 11 is 5.82. The molecule has 17 heavy (non-hydrogen) atoms. The highest BCUT2D eigenvalue weighted by Crippen LogP contribution is 2.19. The van der Waals surface area contributed by atoms with E-state index in [4.69, 9.17) is 16.3 Å². The number of halogens is 1. The number of hydrogen-bond acceptors (Lipinski definition) is 2. The first-order chi connectivity index (χ1) is 8.24. The number of benzene rings is 1. The molecule has 2 unspecified atom stereocenters. The van der Waals surface area contributed by atoms with E-state index in [2.05, 4.69) is 0 Å². The van der Waals surface area contributed by atoms with Crippen molar-refractivity contribution in [3.8, 4) is 0 Å². The molecule has 1 aliphatic rings. The Bertz CT molecular complexity index is 331.